The van der Waals surface area contributed by atoms with E-state index in [-0.39, 0.29) is 11.9 Å². The van der Waals surface area contributed by atoms with Crippen molar-refractivity contribution in [1.82, 2.24) is 0 Å². The first-order chi connectivity index (χ1) is 8.16. The van der Waals surface area contributed by atoms with E-state index >= 15 is 0 Å². The number of para-hydroxylation sites is 1. The number of halogens is 1. The van der Waals surface area contributed by atoms with Crippen molar-refractivity contribution >= 4 is 21.9 Å². The summed E-state index contributed by atoms with van der Waals surface area (Å²) in [4.78, 5) is 12.0. The van der Waals surface area contributed by atoms with Crippen molar-refractivity contribution in [2.45, 2.75) is 13.3 Å². The van der Waals surface area contributed by atoms with Crippen LogP contribution in [-0.4, -0.2) is 5.97 Å². The summed E-state index contributed by atoms with van der Waals surface area (Å²) in [6, 6.07) is 9.16. The van der Waals surface area contributed by atoms with Gasteiger partial charge in [-0.25, -0.2) is 0 Å². The molecule has 88 valence electrons. The van der Waals surface area contributed by atoms with Crippen molar-refractivity contribution in [3.05, 3.63) is 52.5 Å². The van der Waals surface area contributed by atoms with Gasteiger partial charge < -0.3 is 4.74 Å². The third-order valence-electron chi connectivity index (χ3n) is 2.71. The summed E-state index contributed by atoms with van der Waals surface area (Å²) in [6.07, 6.45) is 4.64. The summed E-state index contributed by atoms with van der Waals surface area (Å²) < 4.78 is 6.36. The normalized spacial score (nSPS) is 19.3. The zero-order valence-corrected chi connectivity index (χ0v) is 11.1. The number of rotatable bonds is 2. The van der Waals surface area contributed by atoms with Crippen molar-refractivity contribution < 1.29 is 9.53 Å². The van der Waals surface area contributed by atoms with Gasteiger partial charge in [-0.05, 0) is 31.6 Å². The van der Waals surface area contributed by atoms with Crippen LogP contribution in [0, 0.1) is 5.92 Å². The van der Waals surface area contributed by atoms with Crippen LogP contribution in [0.4, 0.5) is 0 Å². The molecule has 0 aliphatic heterocycles. The van der Waals surface area contributed by atoms with Gasteiger partial charge >= 0.3 is 5.97 Å². The van der Waals surface area contributed by atoms with Crippen LogP contribution < -0.4 is 4.74 Å². The molecule has 0 saturated carbocycles. The van der Waals surface area contributed by atoms with Gasteiger partial charge in [0.15, 0.2) is 0 Å². The molecule has 0 amide bonds. The Bertz CT molecular complexity index is 474. The highest BCUT2D eigenvalue weighted by Gasteiger charge is 2.23. The first kappa shape index (κ1) is 12.1. The molecule has 2 nitrogen and oxygen atoms in total. The third-order valence-corrected chi connectivity index (χ3v) is 3.26. The molecule has 0 spiro atoms. The van der Waals surface area contributed by atoms with Gasteiger partial charge in [-0.2, -0.15) is 0 Å². The Morgan fingerprint density at radius 3 is 2.71 bits per heavy atom. The molecule has 3 heteroatoms. The average molecular weight is 293 g/mol. The Hall–Kier alpha value is -1.35. The van der Waals surface area contributed by atoms with E-state index in [4.69, 9.17) is 4.74 Å². The zero-order chi connectivity index (χ0) is 12.3. The number of benzene rings is 1. The van der Waals surface area contributed by atoms with E-state index in [1.54, 1.807) is 12.1 Å². The topological polar surface area (TPSA) is 26.3 Å². The van der Waals surface area contributed by atoms with Crippen molar-refractivity contribution in [2.75, 3.05) is 0 Å². The Morgan fingerprint density at radius 1 is 1.35 bits per heavy atom. The summed E-state index contributed by atoms with van der Waals surface area (Å²) in [7, 11) is 0. The van der Waals surface area contributed by atoms with Gasteiger partial charge in [0.25, 0.3) is 0 Å². The summed E-state index contributed by atoms with van der Waals surface area (Å²) in [5.41, 5.74) is 1.03. The summed E-state index contributed by atoms with van der Waals surface area (Å²) >= 11 is 3.40. The number of carbonyl (C=O) groups is 1. The molecular formula is C14H13BrO2. The second-order valence-corrected chi connectivity index (χ2v) is 4.92. The Kier molecular flexibility index (Phi) is 3.79. The predicted molar refractivity (Wildman–Crippen MR) is 71.0 cm³/mol. The maximum Gasteiger partial charge on any atom is 0.318 e. The Balaban J connectivity index is 2.05. The lowest BCUT2D eigenvalue weighted by molar-refractivity contribution is -0.137. The molecule has 1 aliphatic rings. The standard InChI is InChI=1S/C14H13BrO2/c1-10-9-11(15)7-8-13(10)14(16)17-12-5-3-2-4-6-12/h2-7,9,13H,8H2,1H3. The number of hydrogen-bond donors (Lipinski definition) is 0. The lowest BCUT2D eigenvalue weighted by Gasteiger charge is -2.18. The fourth-order valence-corrected chi connectivity index (χ4v) is 2.30. The number of hydrogen-bond acceptors (Lipinski definition) is 2. The SMILES string of the molecule is CC1=CC(Br)=CCC1C(=O)Oc1ccccc1. The molecule has 0 N–H and O–H groups in total. The van der Waals surface area contributed by atoms with E-state index < -0.39 is 0 Å². The zero-order valence-electron chi connectivity index (χ0n) is 9.52. The van der Waals surface area contributed by atoms with Crippen LogP contribution in [0.5, 0.6) is 5.75 Å². The van der Waals surface area contributed by atoms with Gasteiger partial charge in [-0.15, -0.1) is 0 Å². The van der Waals surface area contributed by atoms with E-state index in [1.807, 2.05) is 37.3 Å². The largest absolute Gasteiger partial charge is 0.426 e. The van der Waals surface area contributed by atoms with Crippen LogP contribution in [0.25, 0.3) is 0 Å². The van der Waals surface area contributed by atoms with Crippen molar-refractivity contribution in [3.8, 4) is 5.75 Å². The first-order valence-corrected chi connectivity index (χ1v) is 6.26. The number of allylic oxidation sites excluding steroid dienone is 3. The van der Waals surface area contributed by atoms with Gasteiger partial charge in [0.2, 0.25) is 0 Å². The lowest BCUT2D eigenvalue weighted by Crippen LogP contribution is -2.22. The van der Waals surface area contributed by atoms with E-state index in [2.05, 4.69) is 15.9 Å². The van der Waals surface area contributed by atoms with Gasteiger partial charge in [-0.1, -0.05) is 45.8 Å². The van der Waals surface area contributed by atoms with E-state index in [0.717, 1.165) is 10.1 Å². The molecule has 0 aromatic heterocycles. The molecule has 17 heavy (non-hydrogen) atoms. The average Bonchev–Trinajstić information content (AvgIpc) is 2.30. The molecule has 2 rings (SSSR count). The number of carbonyl (C=O) groups excluding carboxylic acids is 1. The van der Waals surface area contributed by atoms with Crippen LogP contribution in [-0.2, 0) is 4.79 Å². The molecule has 0 saturated heterocycles. The monoisotopic (exact) mass is 292 g/mol. The van der Waals surface area contributed by atoms with Crippen LogP contribution in [0.1, 0.15) is 13.3 Å². The molecular weight excluding hydrogens is 280 g/mol. The molecule has 0 bridgehead atoms. The lowest BCUT2D eigenvalue weighted by atomic mass is 9.93. The van der Waals surface area contributed by atoms with Gasteiger partial charge in [0.1, 0.15) is 5.75 Å². The van der Waals surface area contributed by atoms with Crippen molar-refractivity contribution in [1.29, 1.82) is 0 Å². The highest BCUT2D eigenvalue weighted by atomic mass is 79.9. The summed E-state index contributed by atoms with van der Waals surface area (Å²) in [5.74, 6) is 0.233. The van der Waals surface area contributed by atoms with Crippen LogP contribution in [0.15, 0.2) is 52.5 Å². The smallest absolute Gasteiger partial charge is 0.318 e. The fraction of sp³-hybridized carbons (Fsp3) is 0.214. The Morgan fingerprint density at radius 2 is 2.06 bits per heavy atom. The minimum absolute atomic E-state index is 0.170. The molecule has 0 heterocycles. The van der Waals surface area contributed by atoms with Crippen LogP contribution in [0.3, 0.4) is 0 Å². The molecule has 0 fully saturated rings. The Labute approximate surface area is 109 Å². The second kappa shape index (κ2) is 5.32. The predicted octanol–water partition coefficient (Wildman–Crippen LogP) is 3.84. The number of esters is 1. The molecule has 1 atom stereocenters. The summed E-state index contributed by atoms with van der Waals surface area (Å²) in [6.45, 7) is 1.95. The van der Waals surface area contributed by atoms with Gasteiger partial charge in [0.05, 0.1) is 5.92 Å². The minimum Gasteiger partial charge on any atom is -0.426 e. The molecule has 1 unspecified atom stereocenters. The second-order valence-electron chi connectivity index (χ2n) is 4.00. The molecule has 0 radical (unpaired) electrons. The van der Waals surface area contributed by atoms with Crippen LogP contribution >= 0.6 is 15.9 Å². The third kappa shape index (κ3) is 3.07. The fourth-order valence-electron chi connectivity index (χ4n) is 1.75. The van der Waals surface area contributed by atoms with Gasteiger partial charge in [0, 0.05) is 4.48 Å². The van der Waals surface area contributed by atoms with Crippen molar-refractivity contribution in [3.63, 3.8) is 0 Å². The molecule has 1 aliphatic carbocycles. The maximum atomic E-state index is 12.0. The van der Waals surface area contributed by atoms with Crippen LogP contribution in [0.2, 0.25) is 0 Å². The van der Waals surface area contributed by atoms with Crippen molar-refractivity contribution in [2.24, 2.45) is 5.92 Å². The number of ether oxygens (including phenoxy) is 1. The molecule has 1 aromatic rings. The van der Waals surface area contributed by atoms with E-state index in [9.17, 15) is 4.79 Å². The highest BCUT2D eigenvalue weighted by Crippen LogP contribution is 2.27. The van der Waals surface area contributed by atoms with E-state index in [1.165, 1.54) is 0 Å². The quantitative estimate of drug-likeness (QED) is 0.612. The highest BCUT2D eigenvalue weighted by molar-refractivity contribution is 9.11. The van der Waals surface area contributed by atoms with Gasteiger partial charge in [-0.3, -0.25) is 4.79 Å². The minimum atomic E-state index is -0.193. The summed E-state index contributed by atoms with van der Waals surface area (Å²) in [5, 5.41) is 0. The maximum absolute atomic E-state index is 12.0. The molecule has 1 aromatic carbocycles. The van der Waals surface area contributed by atoms with E-state index in [0.29, 0.717) is 12.2 Å². The first-order valence-electron chi connectivity index (χ1n) is 5.47.